The van der Waals surface area contributed by atoms with Crippen LogP contribution in [0.1, 0.15) is 39.0 Å². The summed E-state index contributed by atoms with van der Waals surface area (Å²) < 4.78 is 22.9. The smallest absolute Gasteiger partial charge is 0.191 e. The van der Waals surface area contributed by atoms with Crippen molar-refractivity contribution in [3.8, 4) is 0 Å². The third kappa shape index (κ3) is 5.92. The number of nitrogens with zero attached hydrogens (tertiary/aromatic N) is 1. The van der Waals surface area contributed by atoms with Gasteiger partial charge in [-0.3, -0.25) is 4.99 Å². The quantitative estimate of drug-likeness (QED) is 0.408. The maximum absolute atomic E-state index is 11.5. The van der Waals surface area contributed by atoms with E-state index in [-0.39, 0.29) is 35.8 Å². The zero-order valence-electron chi connectivity index (χ0n) is 13.0. The fourth-order valence-electron chi connectivity index (χ4n) is 3.22. The Hall–Kier alpha value is -0.0500. The summed E-state index contributed by atoms with van der Waals surface area (Å²) in [5, 5.41) is 6.60. The SMILES string of the molecule is CN=C(NCC1CCCCC1C)NC1CCS(=O)(=O)C1.I. The van der Waals surface area contributed by atoms with Crippen molar-refractivity contribution in [1.29, 1.82) is 0 Å². The Morgan fingerprint density at radius 1 is 1.24 bits per heavy atom. The van der Waals surface area contributed by atoms with Gasteiger partial charge in [0.15, 0.2) is 15.8 Å². The lowest BCUT2D eigenvalue weighted by atomic mass is 9.80. The number of hydrogen-bond donors (Lipinski definition) is 2. The highest BCUT2D eigenvalue weighted by Crippen LogP contribution is 2.28. The van der Waals surface area contributed by atoms with E-state index in [1.54, 1.807) is 7.05 Å². The van der Waals surface area contributed by atoms with Crippen LogP contribution in [0.2, 0.25) is 0 Å². The Bertz CT molecular complexity index is 453. The Morgan fingerprint density at radius 3 is 2.52 bits per heavy atom. The van der Waals surface area contributed by atoms with Crippen molar-refractivity contribution in [3.05, 3.63) is 0 Å². The standard InChI is InChI=1S/C14H27N3O2S.HI/c1-11-5-3-4-6-12(11)9-16-14(15-2)17-13-7-8-20(18,19)10-13;/h11-13H,3-10H2,1-2H3,(H2,15,16,17);1H. The van der Waals surface area contributed by atoms with Crippen molar-refractivity contribution in [2.75, 3.05) is 25.1 Å². The van der Waals surface area contributed by atoms with Crippen molar-refractivity contribution in [2.45, 2.75) is 45.1 Å². The summed E-state index contributed by atoms with van der Waals surface area (Å²) in [5.41, 5.74) is 0. The predicted octanol–water partition coefficient (Wildman–Crippen LogP) is 1.78. The topological polar surface area (TPSA) is 70.6 Å². The lowest BCUT2D eigenvalue weighted by Gasteiger charge is -2.29. The molecule has 0 aromatic rings. The molecule has 2 aliphatic rings. The second kappa shape index (κ2) is 8.55. The first-order valence-corrected chi connectivity index (χ1v) is 9.50. The molecule has 2 N–H and O–H groups in total. The third-order valence-electron chi connectivity index (χ3n) is 4.62. The fraction of sp³-hybridized carbons (Fsp3) is 0.929. The molecule has 1 heterocycles. The van der Waals surface area contributed by atoms with Crippen LogP contribution in [-0.4, -0.2) is 45.5 Å². The van der Waals surface area contributed by atoms with Gasteiger partial charge < -0.3 is 10.6 Å². The first-order valence-electron chi connectivity index (χ1n) is 7.68. The van der Waals surface area contributed by atoms with Gasteiger partial charge in [-0.25, -0.2) is 8.42 Å². The van der Waals surface area contributed by atoms with E-state index in [9.17, 15) is 8.42 Å². The molecule has 3 unspecified atom stereocenters. The van der Waals surface area contributed by atoms with Crippen molar-refractivity contribution >= 4 is 39.8 Å². The number of nitrogens with one attached hydrogen (secondary N) is 2. The first-order chi connectivity index (χ1) is 9.50. The Labute approximate surface area is 145 Å². The molecule has 124 valence electrons. The van der Waals surface area contributed by atoms with E-state index in [1.165, 1.54) is 25.7 Å². The molecule has 0 bridgehead atoms. The van der Waals surface area contributed by atoms with Crippen molar-refractivity contribution in [3.63, 3.8) is 0 Å². The highest BCUT2D eigenvalue weighted by atomic mass is 127. The highest BCUT2D eigenvalue weighted by molar-refractivity contribution is 14.0. The van der Waals surface area contributed by atoms with E-state index in [0.29, 0.717) is 18.1 Å². The second-order valence-electron chi connectivity index (χ2n) is 6.22. The molecule has 0 spiro atoms. The van der Waals surface area contributed by atoms with E-state index in [2.05, 4.69) is 22.5 Å². The first kappa shape index (κ1) is 19.0. The normalized spacial score (nSPS) is 32.3. The molecule has 0 aromatic carbocycles. The molecule has 1 saturated carbocycles. The number of aliphatic imine (C=N–C) groups is 1. The van der Waals surface area contributed by atoms with Gasteiger partial charge in [-0.1, -0.05) is 26.2 Å². The van der Waals surface area contributed by atoms with Crippen LogP contribution in [0, 0.1) is 11.8 Å². The summed E-state index contributed by atoms with van der Waals surface area (Å²) in [6.45, 7) is 3.26. The van der Waals surface area contributed by atoms with Gasteiger partial charge >= 0.3 is 0 Å². The Balaban J connectivity index is 0.00000220. The molecule has 1 aliphatic carbocycles. The molecule has 3 atom stereocenters. The molecule has 21 heavy (non-hydrogen) atoms. The summed E-state index contributed by atoms with van der Waals surface area (Å²) in [4.78, 5) is 4.21. The molecule has 1 saturated heterocycles. The van der Waals surface area contributed by atoms with Gasteiger partial charge in [-0.05, 0) is 24.7 Å². The van der Waals surface area contributed by atoms with Crippen LogP contribution in [0.5, 0.6) is 0 Å². The summed E-state index contributed by atoms with van der Waals surface area (Å²) in [7, 11) is -1.10. The largest absolute Gasteiger partial charge is 0.356 e. The minimum absolute atomic E-state index is 0. The molecular formula is C14H28IN3O2S. The van der Waals surface area contributed by atoms with Gasteiger partial charge in [0, 0.05) is 19.6 Å². The molecule has 2 fully saturated rings. The average molecular weight is 429 g/mol. The van der Waals surface area contributed by atoms with Crippen molar-refractivity contribution in [1.82, 2.24) is 10.6 Å². The number of rotatable bonds is 3. The Kier molecular flexibility index (Phi) is 7.73. The van der Waals surface area contributed by atoms with E-state index >= 15 is 0 Å². The molecule has 7 heteroatoms. The monoisotopic (exact) mass is 429 g/mol. The van der Waals surface area contributed by atoms with Gasteiger partial charge in [0.05, 0.1) is 11.5 Å². The fourth-order valence-corrected chi connectivity index (χ4v) is 4.89. The number of halogens is 1. The summed E-state index contributed by atoms with van der Waals surface area (Å²) >= 11 is 0. The second-order valence-corrected chi connectivity index (χ2v) is 8.45. The number of sulfone groups is 1. The number of hydrogen-bond acceptors (Lipinski definition) is 3. The van der Waals surface area contributed by atoms with Crippen molar-refractivity contribution in [2.24, 2.45) is 16.8 Å². The van der Waals surface area contributed by atoms with Crippen LogP contribution in [0.15, 0.2) is 4.99 Å². The van der Waals surface area contributed by atoms with Crippen LogP contribution in [-0.2, 0) is 9.84 Å². The zero-order valence-corrected chi connectivity index (χ0v) is 16.1. The zero-order chi connectivity index (χ0) is 14.6. The summed E-state index contributed by atoms with van der Waals surface area (Å²) in [6, 6.07) is 0.00924. The predicted molar refractivity (Wildman–Crippen MR) is 98.1 cm³/mol. The molecular weight excluding hydrogens is 401 g/mol. The van der Waals surface area contributed by atoms with Crippen LogP contribution in [0.4, 0.5) is 0 Å². The van der Waals surface area contributed by atoms with E-state index < -0.39 is 9.84 Å². The maximum Gasteiger partial charge on any atom is 0.191 e. The van der Waals surface area contributed by atoms with Crippen LogP contribution in [0.25, 0.3) is 0 Å². The Morgan fingerprint density at radius 2 is 1.95 bits per heavy atom. The molecule has 5 nitrogen and oxygen atoms in total. The molecule has 0 radical (unpaired) electrons. The minimum atomic E-state index is -2.84. The summed E-state index contributed by atoms with van der Waals surface area (Å²) in [5.74, 6) is 2.73. The third-order valence-corrected chi connectivity index (χ3v) is 6.39. The average Bonchev–Trinajstić information content (AvgIpc) is 2.75. The molecule has 1 aliphatic heterocycles. The lowest BCUT2D eigenvalue weighted by molar-refractivity contribution is 0.256. The van der Waals surface area contributed by atoms with Crippen molar-refractivity contribution < 1.29 is 8.42 Å². The van der Waals surface area contributed by atoms with E-state index in [4.69, 9.17) is 0 Å². The van der Waals surface area contributed by atoms with Gasteiger partial charge in [0.25, 0.3) is 0 Å². The van der Waals surface area contributed by atoms with E-state index in [0.717, 1.165) is 18.4 Å². The van der Waals surface area contributed by atoms with Gasteiger partial charge in [-0.15, -0.1) is 24.0 Å². The summed E-state index contributed by atoms with van der Waals surface area (Å²) in [6.07, 6.45) is 5.96. The molecule has 2 rings (SSSR count). The van der Waals surface area contributed by atoms with E-state index in [1.807, 2.05) is 0 Å². The van der Waals surface area contributed by atoms with Gasteiger partial charge in [0.1, 0.15) is 0 Å². The maximum atomic E-state index is 11.5. The highest BCUT2D eigenvalue weighted by Gasteiger charge is 2.28. The lowest BCUT2D eigenvalue weighted by Crippen LogP contribution is -2.46. The van der Waals surface area contributed by atoms with Crippen LogP contribution in [0.3, 0.4) is 0 Å². The molecule has 0 amide bonds. The minimum Gasteiger partial charge on any atom is -0.356 e. The van der Waals surface area contributed by atoms with Crippen LogP contribution < -0.4 is 10.6 Å². The van der Waals surface area contributed by atoms with Gasteiger partial charge in [-0.2, -0.15) is 0 Å². The van der Waals surface area contributed by atoms with Gasteiger partial charge in [0.2, 0.25) is 0 Å². The molecule has 0 aromatic heterocycles. The van der Waals surface area contributed by atoms with Crippen LogP contribution >= 0.6 is 24.0 Å². The number of guanidine groups is 1.